The summed E-state index contributed by atoms with van der Waals surface area (Å²) in [6.07, 6.45) is 0. The van der Waals surface area contributed by atoms with Gasteiger partial charge in [-0.1, -0.05) is 0 Å². The second kappa shape index (κ2) is 8.23. The monoisotopic (exact) mass is 285 g/mol. The lowest BCUT2D eigenvalue weighted by atomic mass is 10.3. The molecule has 3 N–H and O–H groups in total. The number of rotatable bonds is 9. The van der Waals surface area contributed by atoms with E-state index in [1.165, 1.54) is 0 Å². The van der Waals surface area contributed by atoms with Crippen LogP contribution in [0.4, 0.5) is 17.5 Å². The zero-order chi connectivity index (χ0) is 15.0. The van der Waals surface area contributed by atoms with Crippen molar-refractivity contribution in [3.8, 4) is 0 Å². The quantitative estimate of drug-likeness (QED) is 0.341. The lowest BCUT2D eigenvalue weighted by Crippen LogP contribution is -2.15. The van der Waals surface area contributed by atoms with E-state index in [4.69, 9.17) is 9.84 Å². The van der Waals surface area contributed by atoms with Gasteiger partial charge >= 0.3 is 5.69 Å². The summed E-state index contributed by atoms with van der Waals surface area (Å²) >= 11 is 0. The van der Waals surface area contributed by atoms with Crippen molar-refractivity contribution >= 4 is 17.5 Å². The highest BCUT2D eigenvalue weighted by molar-refractivity contribution is 5.60. The minimum absolute atomic E-state index is 0.0582. The summed E-state index contributed by atoms with van der Waals surface area (Å²) in [6.45, 7) is 4.91. The molecule has 0 aliphatic rings. The van der Waals surface area contributed by atoms with Gasteiger partial charge in [-0.3, -0.25) is 10.1 Å². The maximum Gasteiger partial charge on any atom is 0.332 e. The van der Waals surface area contributed by atoms with Crippen molar-refractivity contribution in [2.45, 2.75) is 13.8 Å². The maximum absolute atomic E-state index is 11.0. The van der Waals surface area contributed by atoms with E-state index < -0.39 is 4.92 Å². The van der Waals surface area contributed by atoms with Gasteiger partial charge in [-0.15, -0.1) is 0 Å². The molecular weight excluding hydrogens is 266 g/mol. The maximum atomic E-state index is 11.0. The molecule has 0 unspecified atom stereocenters. The van der Waals surface area contributed by atoms with Crippen molar-refractivity contribution in [1.29, 1.82) is 0 Å². The summed E-state index contributed by atoms with van der Waals surface area (Å²) in [6, 6.07) is 0. The Hall–Kier alpha value is -2.00. The van der Waals surface area contributed by atoms with Crippen molar-refractivity contribution in [1.82, 2.24) is 9.97 Å². The highest BCUT2D eigenvalue weighted by Gasteiger charge is 2.21. The third kappa shape index (κ3) is 4.59. The van der Waals surface area contributed by atoms with Gasteiger partial charge < -0.3 is 20.5 Å². The first kappa shape index (κ1) is 16.1. The molecule has 1 heterocycles. The molecule has 0 aromatic carbocycles. The van der Waals surface area contributed by atoms with Crippen LogP contribution in [0.15, 0.2) is 0 Å². The number of nitrogens with one attached hydrogen (secondary N) is 2. The topological polar surface area (TPSA) is 122 Å². The van der Waals surface area contributed by atoms with Crippen LogP contribution in [0.5, 0.6) is 0 Å². The Morgan fingerprint density at radius 3 is 2.70 bits per heavy atom. The first-order valence-electron chi connectivity index (χ1n) is 6.29. The summed E-state index contributed by atoms with van der Waals surface area (Å²) in [5, 5.41) is 25.4. The van der Waals surface area contributed by atoms with E-state index in [1.54, 1.807) is 6.92 Å². The van der Waals surface area contributed by atoms with Crippen LogP contribution in [0.2, 0.25) is 0 Å². The summed E-state index contributed by atoms with van der Waals surface area (Å²) in [5.41, 5.74) is 0.147. The Bertz CT molecular complexity index is 455. The van der Waals surface area contributed by atoms with Gasteiger partial charge in [0.1, 0.15) is 5.69 Å². The van der Waals surface area contributed by atoms with Gasteiger partial charge in [0.2, 0.25) is 11.8 Å². The molecule has 1 rings (SSSR count). The van der Waals surface area contributed by atoms with Crippen LogP contribution in [-0.4, -0.2) is 52.9 Å². The molecule has 0 fully saturated rings. The molecule has 0 spiro atoms. The van der Waals surface area contributed by atoms with Crippen molar-refractivity contribution in [2.24, 2.45) is 0 Å². The number of nitrogens with zero attached hydrogens (tertiary/aromatic N) is 3. The fourth-order valence-electron chi connectivity index (χ4n) is 1.55. The van der Waals surface area contributed by atoms with E-state index in [0.717, 1.165) is 0 Å². The van der Waals surface area contributed by atoms with Gasteiger partial charge in [-0.25, -0.2) is 4.98 Å². The second-order valence-corrected chi connectivity index (χ2v) is 3.88. The Morgan fingerprint density at radius 2 is 2.10 bits per heavy atom. The van der Waals surface area contributed by atoms with Crippen LogP contribution in [0.3, 0.4) is 0 Å². The van der Waals surface area contributed by atoms with Crippen LogP contribution in [0.1, 0.15) is 12.6 Å². The molecule has 0 amide bonds. The SMILES string of the molecule is CCNc1nc(C)c([N+](=O)[O-])c(NCCOCCO)n1. The number of aryl methyl sites for hydroxylation is 1. The van der Waals surface area contributed by atoms with Gasteiger partial charge in [0.05, 0.1) is 24.7 Å². The highest BCUT2D eigenvalue weighted by atomic mass is 16.6. The van der Waals surface area contributed by atoms with Crippen molar-refractivity contribution in [2.75, 3.05) is 43.5 Å². The molecule has 0 saturated carbocycles. The van der Waals surface area contributed by atoms with Crippen LogP contribution < -0.4 is 10.6 Å². The molecule has 0 radical (unpaired) electrons. The Kier molecular flexibility index (Phi) is 6.60. The summed E-state index contributed by atoms with van der Waals surface area (Å²) in [5.74, 6) is 0.500. The molecule has 0 saturated heterocycles. The first-order chi connectivity index (χ1) is 9.60. The molecule has 20 heavy (non-hydrogen) atoms. The van der Waals surface area contributed by atoms with E-state index in [1.807, 2.05) is 6.92 Å². The predicted octanol–water partition coefficient (Wildman–Crippen LogP) is 0.546. The molecule has 0 aliphatic heterocycles. The molecule has 0 aliphatic carbocycles. The standard InChI is InChI=1S/C11H19N5O4/c1-3-12-11-14-8(2)9(16(18)19)10(15-11)13-4-6-20-7-5-17/h17H,3-7H2,1-2H3,(H2,12,13,14,15). The molecule has 9 nitrogen and oxygen atoms in total. The Balaban J connectivity index is 2.81. The first-order valence-corrected chi connectivity index (χ1v) is 6.29. The number of anilines is 2. The molecule has 0 atom stereocenters. The van der Waals surface area contributed by atoms with Crippen LogP contribution >= 0.6 is 0 Å². The third-order valence-electron chi connectivity index (χ3n) is 2.35. The zero-order valence-corrected chi connectivity index (χ0v) is 11.5. The van der Waals surface area contributed by atoms with Crippen molar-refractivity contribution < 1.29 is 14.8 Å². The van der Waals surface area contributed by atoms with Crippen molar-refractivity contribution in [3.05, 3.63) is 15.8 Å². The number of nitro groups is 1. The zero-order valence-electron chi connectivity index (χ0n) is 11.5. The lowest BCUT2D eigenvalue weighted by Gasteiger charge is -2.10. The minimum Gasteiger partial charge on any atom is -0.394 e. The number of aliphatic hydroxyl groups excluding tert-OH is 1. The Morgan fingerprint density at radius 1 is 1.35 bits per heavy atom. The average Bonchev–Trinajstić information content (AvgIpc) is 2.38. The number of aliphatic hydroxyl groups is 1. The van der Waals surface area contributed by atoms with E-state index >= 15 is 0 Å². The second-order valence-electron chi connectivity index (χ2n) is 3.88. The number of hydrogen-bond donors (Lipinski definition) is 3. The van der Waals surface area contributed by atoms with E-state index in [-0.39, 0.29) is 24.7 Å². The van der Waals surface area contributed by atoms with Crippen LogP contribution in [-0.2, 0) is 4.74 Å². The van der Waals surface area contributed by atoms with E-state index in [2.05, 4.69) is 20.6 Å². The molecule has 1 aromatic rings. The highest BCUT2D eigenvalue weighted by Crippen LogP contribution is 2.26. The predicted molar refractivity (Wildman–Crippen MR) is 74.0 cm³/mol. The fraction of sp³-hybridized carbons (Fsp3) is 0.636. The lowest BCUT2D eigenvalue weighted by molar-refractivity contribution is -0.385. The molecule has 112 valence electrons. The largest absolute Gasteiger partial charge is 0.394 e. The van der Waals surface area contributed by atoms with E-state index in [0.29, 0.717) is 31.3 Å². The molecular formula is C11H19N5O4. The Labute approximate surface area is 116 Å². The van der Waals surface area contributed by atoms with E-state index in [9.17, 15) is 10.1 Å². The fourth-order valence-corrected chi connectivity index (χ4v) is 1.55. The summed E-state index contributed by atoms with van der Waals surface area (Å²) < 4.78 is 5.07. The summed E-state index contributed by atoms with van der Waals surface area (Å²) in [7, 11) is 0. The minimum atomic E-state index is -0.512. The number of aromatic nitrogens is 2. The van der Waals surface area contributed by atoms with Crippen molar-refractivity contribution in [3.63, 3.8) is 0 Å². The van der Waals surface area contributed by atoms with Gasteiger partial charge in [-0.05, 0) is 13.8 Å². The van der Waals surface area contributed by atoms with Gasteiger partial charge in [-0.2, -0.15) is 4.98 Å². The average molecular weight is 285 g/mol. The van der Waals surface area contributed by atoms with Gasteiger partial charge in [0.15, 0.2) is 0 Å². The number of ether oxygens (including phenoxy) is 1. The summed E-state index contributed by atoms with van der Waals surface area (Å²) in [4.78, 5) is 18.7. The normalized spacial score (nSPS) is 10.3. The number of hydrogen-bond acceptors (Lipinski definition) is 8. The van der Waals surface area contributed by atoms with Gasteiger partial charge in [0.25, 0.3) is 0 Å². The van der Waals surface area contributed by atoms with Crippen LogP contribution in [0.25, 0.3) is 0 Å². The van der Waals surface area contributed by atoms with Gasteiger partial charge in [0, 0.05) is 13.1 Å². The molecule has 9 heteroatoms. The molecule has 0 bridgehead atoms. The van der Waals surface area contributed by atoms with Crippen LogP contribution in [0, 0.1) is 17.0 Å². The third-order valence-corrected chi connectivity index (χ3v) is 2.35. The molecule has 1 aromatic heterocycles. The smallest absolute Gasteiger partial charge is 0.332 e.